The first-order valence-electron chi connectivity index (χ1n) is 7.47. The minimum absolute atomic E-state index is 0.213. The number of amides is 1. The van der Waals surface area contributed by atoms with Crippen LogP contribution in [0.25, 0.3) is 0 Å². The number of nitrogens with zero attached hydrogens (tertiary/aromatic N) is 1. The molecule has 1 heterocycles. The van der Waals surface area contributed by atoms with Gasteiger partial charge in [-0.2, -0.15) is 0 Å². The third-order valence-electron chi connectivity index (χ3n) is 3.85. The topological polar surface area (TPSA) is 75.8 Å². The maximum atomic E-state index is 11.4. The van der Waals surface area contributed by atoms with Crippen molar-refractivity contribution in [3.05, 3.63) is 29.8 Å². The number of primary amides is 1. The predicted molar refractivity (Wildman–Crippen MR) is 81.1 cm³/mol. The van der Waals surface area contributed by atoms with Crippen molar-refractivity contribution in [2.24, 2.45) is 5.73 Å². The van der Waals surface area contributed by atoms with Crippen LogP contribution in [-0.4, -0.2) is 47.8 Å². The van der Waals surface area contributed by atoms with Gasteiger partial charge in [0.2, 0.25) is 5.91 Å². The Balaban J connectivity index is 1.81. The van der Waals surface area contributed by atoms with E-state index in [1.54, 1.807) is 0 Å². The van der Waals surface area contributed by atoms with Crippen LogP contribution in [0.5, 0.6) is 5.75 Å². The van der Waals surface area contributed by atoms with Crippen molar-refractivity contribution < 1.29 is 14.6 Å². The van der Waals surface area contributed by atoms with E-state index in [9.17, 15) is 9.90 Å². The van der Waals surface area contributed by atoms with Crippen molar-refractivity contribution in [3.8, 4) is 5.75 Å². The molecule has 0 aliphatic carbocycles. The fourth-order valence-electron chi connectivity index (χ4n) is 2.68. The lowest BCUT2D eigenvalue weighted by Gasteiger charge is -2.34. The fourth-order valence-corrected chi connectivity index (χ4v) is 2.68. The largest absolute Gasteiger partial charge is 0.491 e. The highest BCUT2D eigenvalue weighted by atomic mass is 16.5. The van der Waals surface area contributed by atoms with E-state index in [1.165, 1.54) is 5.56 Å². The third kappa shape index (κ3) is 4.72. The molecule has 0 radical (unpaired) electrons. The molecule has 0 spiro atoms. The number of aliphatic hydroxyl groups is 1. The van der Waals surface area contributed by atoms with E-state index >= 15 is 0 Å². The van der Waals surface area contributed by atoms with Crippen LogP contribution in [0.3, 0.4) is 0 Å². The number of nitrogens with two attached hydrogens (primary N) is 1. The normalized spacial score (nSPS) is 21.0. The van der Waals surface area contributed by atoms with Gasteiger partial charge in [0.25, 0.3) is 0 Å². The summed E-state index contributed by atoms with van der Waals surface area (Å²) in [6.45, 7) is 3.44. The molecule has 116 valence electrons. The van der Waals surface area contributed by atoms with Crippen molar-refractivity contribution >= 4 is 5.91 Å². The van der Waals surface area contributed by atoms with E-state index < -0.39 is 6.10 Å². The molecule has 1 aliphatic rings. The number of carbonyl (C=O) groups excluding carboxylic acids is 1. The number of β-amino-alcohol motifs (C(OH)–C–C–N with tert-alkyl or cyclic N) is 1. The van der Waals surface area contributed by atoms with Gasteiger partial charge in [0.15, 0.2) is 0 Å². The molecule has 2 atom stereocenters. The van der Waals surface area contributed by atoms with Gasteiger partial charge in [0.1, 0.15) is 18.5 Å². The molecule has 2 unspecified atom stereocenters. The maximum Gasteiger partial charge on any atom is 0.234 e. The fraction of sp³-hybridized carbons (Fsp3) is 0.562. The van der Waals surface area contributed by atoms with Crippen LogP contribution in [-0.2, 0) is 4.79 Å². The van der Waals surface area contributed by atoms with Crippen LogP contribution in [0.15, 0.2) is 24.3 Å². The highest BCUT2D eigenvalue weighted by Crippen LogP contribution is 2.17. The van der Waals surface area contributed by atoms with Crippen molar-refractivity contribution in [3.63, 3.8) is 0 Å². The number of aliphatic hydroxyl groups excluding tert-OH is 1. The van der Waals surface area contributed by atoms with Gasteiger partial charge in [-0.05, 0) is 38.4 Å². The molecule has 2 rings (SSSR count). The standard InChI is InChI=1S/C16H24N2O3/c1-12-5-7-14(8-6-12)21-11-13(19)10-18-9-3-2-4-15(18)16(17)20/h5-8,13,15,19H,2-4,9-11H2,1H3,(H2,17,20). The van der Waals surface area contributed by atoms with E-state index in [-0.39, 0.29) is 18.6 Å². The SMILES string of the molecule is Cc1ccc(OCC(O)CN2CCCCC2C(N)=O)cc1. The first-order chi connectivity index (χ1) is 10.1. The van der Waals surface area contributed by atoms with Gasteiger partial charge in [-0.1, -0.05) is 24.1 Å². The average Bonchev–Trinajstić information content (AvgIpc) is 2.47. The van der Waals surface area contributed by atoms with E-state index in [4.69, 9.17) is 10.5 Å². The summed E-state index contributed by atoms with van der Waals surface area (Å²) < 4.78 is 5.57. The number of hydrogen-bond donors (Lipinski definition) is 2. The quantitative estimate of drug-likeness (QED) is 0.822. The minimum atomic E-state index is -0.633. The zero-order valence-electron chi connectivity index (χ0n) is 12.5. The first kappa shape index (κ1) is 15.8. The molecular formula is C16H24N2O3. The molecule has 1 aliphatic heterocycles. The lowest BCUT2D eigenvalue weighted by atomic mass is 10.0. The number of piperidine rings is 1. The second-order valence-corrected chi connectivity index (χ2v) is 5.69. The van der Waals surface area contributed by atoms with Gasteiger partial charge >= 0.3 is 0 Å². The van der Waals surface area contributed by atoms with Gasteiger partial charge in [0.05, 0.1) is 6.04 Å². The highest BCUT2D eigenvalue weighted by molar-refractivity contribution is 5.79. The van der Waals surface area contributed by atoms with Crippen LogP contribution < -0.4 is 10.5 Å². The van der Waals surface area contributed by atoms with Gasteiger partial charge < -0.3 is 15.6 Å². The molecule has 1 amide bonds. The molecule has 0 bridgehead atoms. The zero-order valence-corrected chi connectivity index (χ0v) is 12.5. The van der Waals surface area contributed by atoms with Crippen LogP contribution in [0.1, 0.15) is 24.8 Å². The van der Waals surface area contributed by atoms with Crippen molar-refractivity contribution in [2.45, 2.75) is 38.3 Å². The second kappa shape index (κ2) is 7.43. The van der Waals surface area contributed by atoms with Crippen molar-refractivity contribution in [1.82, 2.24) is 4.90 Å². The number of likely N-dealkylation sites (tertiary alicyclic amines) is 1. The maximum absolute atomic E-state index is 11.4. The molecular weight excluding hydrogens is 268 g/mol. The summed E-state index contributed by atoms with van der Waals surface area (Å²) >= 11 is 0. The Morgan fingerprint density at radius 1 is 1.43 bits per heavy atom. The summed E-state index contributed by atoms with van der Waals surface area (Å²) in [7, 11) is 0. The van der Waals surface area contributed by atoms with E-state index in [0.717, 1.165) is 31.6 Å². The van der Waals surface area contributed by atoms with Gasteiger partial charge in [-0.15, -0.1) is 0 Å². The Morgan fingerprint density at radius 2 is 2.14 bits per heavy atom. The van der Waals surface area contributed by atoms with Crippen LogP contribution in [0.2, 0.25) is 0 Å². The number of ether oxygens (including phenoxy) is 1. The Labute approximate surface area is 125 Å². The predicted octanol–water partition coefficient (Wildman–Crippen LogP) is 1.07. The number of rotatable bonds is 6. The molecule has 1 aromatic carbocycles. The first-order valence-corrected chi connectivity index (χ1v) is 7.47. The zero-order chi connectivity index (χ0) is 15.2. The van der Waals surface area contributed by atoms with Crippen LogP contribution in [0, 0.1) is 6.92 Å². The molecule has 3 N–H and O–H groups in total. The van der Waals surface area contributed by atoms with Gasteiger partial charge in [0, 0.05) is 6.54 Å². The Kier molecular flexibility index (Phi) is 5.59. The molecule has 0 saturated carbocycles. The summed E-state index contributed by atoms with van der Waals surface area (Å²) in [6, 6.07) is 7.45. The van der Waals surface area contributed by atoms with E-state index in [0.29, 0.717) is 6.54 Å². The number of hydrogen-bond acceptors (Lipinski definition) is 4. The summed E-state index contributed by atoms with van der Waals surface area (Å²) in [6.07, 6.45) is 2.20. The molecule has 21 heavy (non-hydrogen) atoms. The molecule has 5 heteroatoms. The molecule has 1 saturated heterocycles. The minimum Gasteiger partial charge on any atom is -0.491 e. The number of aryl methyl sites for hydroxylation is 1. The Hall–Kier alpha value is -1.59. The van der Waals surface area contributed by atoms with Gasteiger partial charge in [-0.25, -0.2) is 0 Å². The number of benzene rings is 1. The summed E-state index contributed by atoms with van der Waals surface area (Å²) in [5, 5.41) is 10.1. The number of carbonyl (C=O) groups is 1. The summed E-state index contributed by atoms with van der Waals surface area (Å²) in [5.74, 6) is 0.436. The van der Waals surface area contributed by atoms with Crippen molar-refractivity contribution in [1.29, 1.82) is 0 Å². The van der Waals surface area contributed by atoms with Crippen LogP contribution in [0.4, 0.5) is 0 Å². The van der Waals surface area contributed by atoms with Crippen molar-refractivity contribution in [2.75, 3.05) is 19.7 Å². The lowest BCUT2D eigenvalue weighted by molar-refractivity contribution is -0.125. The highest BCUT2D eigenvalue weighted by Gasteiger charge is 2.28. The lowest BCUT2D eigenvalue weighted by Crippen LogP contribution is -2.50. The Bertz CT molecular complexity index is 461. The Morgan fingerprint density at radius 3 is 2.81 bits per heavy atom. The summed E-state index contributed by atoms with van der Waals surface area (Å²) in [4.78, 5) is 13.4. The third-order valence-corrected chi connectivity index (χ3v) is 3.85. The summed E-state index contributed by atoms with van der Waals surface area (Å²) in [5.41, 5.74) is 6.59. The smallest absolute Gasteiger partial charge is 0.234 e. The van der Waals surface area contributed by atoms with E-state index in [1.807, 2.05) is 36.1 Å². The average molecular weight is 292 g/mol. The molecule has 1 aromatic rings. The molecule has 5 nitrogen and oxygen atoms in total. The van der Waals surface area contributed by atoms with E-state index in [2.05, 4.69) is 0 Å². The van der Waals surface area contributed by atoms with Gasteiger partial charge in [-0.3, -0.25) is 9.69 Å². The second-order valence-electron chi connectivity index (χ2n) is 5.69. The van der Waals surface area contributed by atoms with Crippen LogP contribution >= 0.6 is 0 Å². The molecule has 0 aromatic heterocycles. The monoisotopic (exact) mass is 292 g/mol. The molecule has 1 fully saturated rings.